The molecule has 0 spiro atoms. The fourth-order valence-corrected chi connectivity index (χ4v) is 4.68. The monoisotopic (exact) mass is 474 g/mol. The molecule has 2 aromatic heterocycles. The largest absolute Gasteiger partial charge is 0.416 e. The van der Waals surface area contributed by atoms with Gasteiger partial charge in [-0.3, -0.25) is 14.2 Å². The van der Waals surface area contributed by atoms with Crippen molar-refractivity contribution in [3.05, 3.63) is 52.3 Å². The second kappa shape index (κ2) is 8.77. The van der Waals surface area contributed by atoms with Gasteiger partial charge in [-0.15, -0.1) is 0 Å². The number of benzene rings is 1. The van der Waals surface area contributed by atoms with E-state index in [-0.39, 0.29) is 18.0 Å². The van der Waals surface area contributed by atoms with Crippen LogP contribution in [-0.4, -0.2) is 56.1 Å². The molecule has 0 aliphatic carbocycles. The van der Waals surface area contributed by atoms with Crippen LogP contribution >= 0.6 is 0 Å². The molecule has 3 aromatic rings. The van der Waals surface area contributed by atoms with Crippen LogP contribution in [0.3, 0.4) is 0 Å². The van der Waals surface area contributed by atoms with Crippen molar-refractivity contribution < 1.29 is 18.0 Å². The zero-order chi connectivity index (χ0) is 23.9. The maximum Gasteiger partial charge on any atom is 0.416 e. The maximum atomic E-state index is 13.0. The summed E-state index contributed by atoms with van der Waals surface area (Å²) in [5, 5.41) is 0. The molecule has 0 N–H and O–H groups in total. The van der Waals surface area contributed by atoms with Crippen LogP contribution in [-0.2, 0) is 30.5 Å². The molecule has 0 unspecified atom stereocenters. The van der Waals surface area contributed by atoms with Crippen molar-refractivity contribution in [2.24, 2.45) is 0 Å². The number of aryl methyl sites for hydroxylation is 2. The molecule has 1 aromatic carbocycles. The molecule has 0 radical (unpaired) electrons. The molecule has 1 amide bonds. The van der Waals surface area contributed by atoms with Gasteiger partial charge in [-0.2, -0.15) is 13.2 Å². The molecule has 4 heterocycles. The summed E-state index contributed by atoms with van der Waals surface area (Å²) in [6.07, 6.45) is 0.990. The molecule has 1 fully saturated rings. The lowest BCUT2D eigenvalue weighted by Crippen LogP contribution is -2.50. The van der Waals surface area contributed by atoms with E-state index in [2.05, 4.69) is 9.97 Å². The lowest BCUT2D eigenvalue weighted by molar-refractivity contribution is -0.137. The van der Waals surface area contributed by atoms with Gasteiger partial charge in [-0.25, -0.2) is 9.97 Å². The van der Waals surface area contributed by atoms with Gasteiger partial charge >= 0.3 is 6.18 Å². The number of nitrogens with zero attached hydrogens (tertiary/aromatic N) is 6. The van der Waals surface area contributed by atoms with Crippen molar-refractivity contribution in [1.29, 1.82) is 0 Å². The summed E-state index contributed by atoms with van der Waals surface area (Å²) in [5.74, 6) is 0.639. The van der Waals surface area contributed by atoms with Crippen molar-refractivity contribution in [2.45, 2.75) is 44.9 Å². The summed E-state index contributed by atoms with van der Waals surface area (Å²) in [7, 11) is 0. The summed E-state index contributed by atoms with van der Waals surface area (Å²) in [6.45, 7) is 2.18. The molecule has 2 aliphatic rings. The number of carbonyl (C=O) groups is 1. The molecular formula is C23H25F3N6O2. The van der Waals surface area contributed by atoms with Gasteiger partial charge in [0, 0.05) is 44.8 Å². The van der Waals surface area contributed by atoms with E-state index in [1.165, 1.54) is 17.0 Å². The van der Waals surface area contributed by atoms with Crippen LogP contribution in [0.25, 0.3) is 11.2 Å². The minimum atomic E-state index is -4.40. The molecule has 5 rings (SSSR count). The van der Waals surface area contributed by atoms with Crippen molar-refractivity contribution in [1.82, 2.24) is 24.0 Å². The van der Waals surface area contributed by atoms with Gasteiger partial charge < -0.3 is 14.4 Å². The summed E-state index contributed by atoms with van der Waals surface area (Å²) in [5.41, 5.74) is 0.318. The first-order valence-electron chi connectivity index (χ1n) is 11.5. The number of amides is 1. The van der Waals surface area contributed by atoms with Crippen molar-refractivity contribution in [2.75, 3.05) is 31.1 Å². The SMILES string of the molecule is O=C(Cn1cnc2c(nc3n2CCCCC3)c1=O)N1CCN(c2cccc(C(F)(F)F)c2)CC1. The molecule has 34 heavy (non-hydrogen) atoms. The number of carbonyl (C=O) groups excluding carboxylic acids is 1. The number of hydrogen-bond donors (Lipinski definition) is 0. The van der Waals surface area contributed by atoms with E-state index in [0.717, 1.165) is 50.2 Å². The quantitative estimate of drug-likeness (QED) is 0.584. The number of rotatable bonds is 3. The topological polar surface area (TPSA) is 76.3 Å². The van der Waals surface area contributed by atoms with Gasteiger partial charge in [0.15, 0.2) is 11.2 Å². The van der Waals surface area contributed by atoms with E-state index < -0.39 is 11.7 Å². The second-order valence-electron chi connectivity index (χ2n) is 8.76. The zero-order valence-corrected chi connectivity index (χ0v) is 18.6. The van der Waals surface area contributed by atoms with E-state index in [1.807, 2.05) is 9.47 Å². The molecule has 8 nitrogen and oxygen atoms in total. The average molecular weight is 474 g/mol. The van der Waals surface area contributed by atoms with Crippen LogP contribution in [0.2, 0.25) is 0 Å². The minimum absolute atomic E-state index is 0.145. The van der Waals surface area contributed by atoms with Crippen LogP contribution in [0.5, 0.6) is 0 Å². The third kappa shape index (κ3) is 4.26. The van der Waals surface area contributed by atoms with Gasteiger partial charge in [-0.05, 0) is 31.0 Å². The highest BCUT2D eigenvalue weighted by Gasteiger charge is 2.31. The van der Waals surface area contributed by atoms with Crippen LogP contribution in [0.15, 0.2) is 35.4 Å². The number of fused-ring (bicyclic) bond motifs is 3. The Labute approximate surface area is 193 Å². The van der Waals surface area contributed by atoms with E-state index >= 15 is 0 Å². The standard InChI is InChI=1S/C23H25F3N6O2/c24-23(25,26)16-5-4-6-17(13-16)29-9-11-30(12-10-29)19(33)14-31-15-27-21-20(22(31)34)28-18-7-2-1-3-8-32(18)21/h4-6,13,15H,1-3,7-12,14H2. The molecule has 11 heteroatoms. The van der Waals surface area contributed by atoms with Crippen molar-refractivity contribution >= 4 is 22.8 Å². The molecular weight excluding hydrogens is 449 g/mol. The predicted molar refractivity (Wildman–Crippen MR) is 120 cm³/mol. The molecule has 1 saturated heterocycles. The zero-order valence-electron chi connectivity index (χ0n) is 18.6. The highest BCUT2D eigenvalue weighted by Crippen LogP contribution is 2.32. The maximum absolute atomic E-state index is 13.0. The summed E-state index contributed by atoms with van der Waals surface area (Å²) < 4.78 is 42.3. The Bertz CT molecular complexity index is 1270. The molecule has 0 atom stereocenters. The summed E-state index contributed by atoms with van der Waals surface area (Å²) in [6, 6.07) is 5.20. The molecule has 0 bridgehead atoms. The predicted octanol–water partition coefficient (Wildman–Crippen LogP) is 2.69. The van der Waals surface area contributed by atoms with E-state index in [9.17, 15) is 22.8 Å². The first-order valence-corrected chi connectivity index (χ1v) is 11.5. The van der Waals surface area contributed by atoms with E-state index in [0.29, 0.717) is 43.0 Å². The summed E-state index contributed by atoms with van der Waals surface area (Å²) in [4.78, 5) is 38.2. The Morgan fingerprint density at radius 2 is 1.82 bits per heavy atom. The number of imidazole rings is 1. The van der Waals surface area contributed by atoms with Gasteiger partial charge in [0.1, 0.15) is 18.7 Å². The lowest BCUT2D eigenvalue weighted by atomic mass is 10.1. The number of alkyl halides is 3. The number of hydrogen-bond acceptors (Lipinski definition) is 5. The average Bonchev–Trinajstić information content (AvgIpc) is 3.02. The molecule has 180 valence electrons. The van der Waals surface area contributed by atoms with E-state index in [1.54, 1.807) is 11.0 Å². The number of halogens is 3. The smallest absolute Gasteiger partial charge is 0.368 e. The first-order chi connectivity index (χ1) is 16.3. The van der Waals surface area contributed by atoms with Crippen molar-refractivity contribution in [3.63, 3.8) is 0 Å². The molecule has 0 saturated carbocycles. The number of anilines is 1. The minimum Gasteiger partial charge on any atom is -0.368 e. The number of piperazine rings is 1. The van der Waals surface area contributed by atoms with Crippen LogP contribution in [0, 0.1) is 0 Å². The Hall–Kier alpha value is -3.37. The third-order valence-electron chi connectivity index (χ3n) is 6.56. The first kappa shape index (κ1) is 22.4. The van der Waals surface area contributed by atoms with Crippen LogP contribution in [0.1, 0.15) is 30.7 Å². The second-order valence-corrected chi connectivity index (χ2v) is 8.76. The lowest BCUT2D eigenvalue weighted by Gasteiger charge is -2.36. The molecule has 2 aliphatic heterocycles. The third-order valence-corrected chi connectivity index (χ3v) is 6.56. The fourth-order valence-electron chi connectivity index (χ4n) is 4.68. The highest BCUT2D eigenvalue weighted by atomic mass is 19.4. The fraction of sp³-hybridized carbons (Fsp3) is 0.478. The normalized spacial score (nSPS) is 17.0. The Balaban J connectivity index is 1.26. The van der Waals surface area contributed by atoms with Gasteiger partial charge in [0.2, 0.25) is 5.91 Å². The van der Waals surface area contributed by atoms with E-state index in [4.69, 9.17) is 0 Å². The van der Waals surface area contributed by atoms with Gasteiger partial charge in [0.05, 0.1) is 5.56 Å². The Morgan fingerprint density at radius 1 is 1.03 bits per heavy atom. The Kier molecular flexibility index (Phi) is 5.78. The Morgan fingerprint density at radius 3 is 2.59 bits per heavy atom. The number of aromatic nitrogens is 4. The van der Waals surface area contributed by atoms with Crippen LogP contribution in [0.4, 0.5) is 18.9 Å². The van der Waals surface area contributed by atoms with Crippen LogP contribution < -0.4 is 10.5 Å². The summed E-state index contributed by atoms with van der Waals surface area (Å²) >= 11 is 0. The van der Waals surface area contributed by atoms with Gasteiger partial charge in [0.25, 0.3) is 5.56 Å². The van der Waals surface area contributed by atoms with Gasteiger partial charge in [-0.1, -0.05) is 12.5 Å². The van der Waals surface area contributed by atoms with Crippen molar-refractivity contribution in [3.8, 4) is 0 Å². The highest BCUT2D eigenvalue weighted by molar-refractivity contribution is 5.77.